The molecule has 0 saturated heterocycles. The molecule has 5 nitrogen and oxygen atoms in total. The molecule has 8 heteroatoms. The van der Waals surface area contributed by atoms with E-state index in [-0.39, 0.29) is 49.0 Å². The Bertz CT molecular complexity index is 692. The van der Waals surface area contributed by atoms with Gasteiger partial charge in [-0.05, 0) is 30.9 Å². The second kappa shape index (κ2) is 9.75. The van der Waals surface area contributed by atoms with Crippen LogP contribution < -0.4 is 11.1 Å². The maximum Gasteiger partial charge on any atom is 0.220 e. The lowest BCUT2D eigenvalue weighted by Crippen LogP contribution is -2.38. The topological polar surface area (TPSA) is 81.1 Å². The van der Waals surface area contributed by atoms with Crippen LogP contribution in [0.1, 0.15) is 25.2 Å². The summed E-state index contributed by atoms with van der Waals surface area (Å²) in [5.41, 5.74) is 6.30. The van der Waals surface area contributed by atoms with Gasteiger partial charge in [-0.1, -0.05) is 12.1 Å². The second-order valence-electron chi connectivity index (χ2n) is 5.90. The zero-order valence-electron chi connectivity index (χ0n) is 13.6. The molecule has 0 radical (unpaired) electrons. The SMILES string of the molecule is Cl.Cl.NC(CNC(=O)CCc1ncc(-c2ccccc2F)o1)C1CC1. The molecule has 138 valence electrons. The maximum absolute atomic E-state index is 13.7. The number of aryl methyl sites for hydroxylation is 1. The number of benzene rings is 1. The number of carbonyl (C=O) groups is 1. The van der Waals surface area contributed by atoms with Crippen LogP contribution in [0.5, 0.6) is 0 Å². The highest BCUT2D eigenvalue weighted by atomic mass is 35.5. The number of nitrogens with two attached hydrogens (primary N) is 1. The number of amides is 1. The van der Waals surface area contributed by atoms with Crippen molar-refractivity contribution in [1.82, 2.24) is 10.3 Å². The summed E-state index contributed by atoms with van der Waals surface area (Å²) in [6, 6.07) is 6.40. The lowest BCUT2D eigenvalue weighted by atomic mass is 10.2. The van der Waals surface area contributed by atoms with Gasteiger partial charge in [-0.25, -0.2) is 9.37 Å². The van der Waals surface area contributed by atoms with Crippen LogP contribution in [0.15, 0.2) is 34.9 Å². The van der Waals surface area contributed by atoms with E-state index in [1.165, 1.54) is 12.3 Å². The normalized spacial score (nSPS) is 14.2. The Morgan fingerprint density at radius 3 is 2.76 bits per heavy atom. The van der Waals surface area contributed by atoms with Crippen molar-refractivity contribution in [3.05, 3.63) is 42.2 Å². The minimum absolute atomic E-state index is 0. The fourth-order valence-electron chi connectivity index (χ4n) is 2.44. The van der Waals surface area contributed by atoms with Crippen LogP contribution in [-0.2, 0) is 11.2 Å². The highest BCUT2D eigenvalue weighted by Gasteiger charge is 2.28. The molecule has 2 aromatic rings. The number of oxazole rings is 1. The van der Waals surface area contributed by atoms with Crippen LogP contribution in [0.25, 0.3) is 11.3 Å². The third-order valence-corrected chi connectivity index (χ3v) is 4.02. The molecule has 1 aromatic carbocycles. The third kappa shape index (κ3) is 5.99. The van der Waals surface area contributed by atoms with Crippen molar-refractivity contribution >= 4 is 30.7 Å². The van der Waals surface area contributed by atoms with Crippen molar-refractivity contribution in [2.24, 2.45) is 11.7 Å². The summed E-state index contributed by atoms with van der Waals surface area (Å²) in [4.78, 5) is 15.9. The molecule has 1 saturated carbocycles. The van der Waals surface area contributed by atoms with Gasteiger partial charge in [-0.2, -0.15) is 0 Å². The summed E-state index contributed by atoms with van der Waals surface area (Å²) in [7, 11) is 0. The Morgan fingerprint density at radius 1 is 1.36 bits per heavy atom. The molecule has 25 heavy (non-hydrogen) atoms. The van der Waals surface area contributed by atoms with Gasteiger partial charge in [0.2, 0.25) is 5.91 Å². The average Bonchev–Trinajstić information content (AvgIpc) is 3.30. The zero-order valence-corrected chi connectivity index (χ0v) is 15.2. The van der Waals surface area contributed by atoms with Gasteiger partial charge < -0.3 is 15.5 Å². The molecule has 0 spiro atoms. The van der Waals surface area contributed by atoms with Crippen molar-refractivity contribution in [3.63, 3.8) is 0 Å². The van der Waals surface area contributed by atoms with Gasteiger partial charge >= 0.3 is 0 Å². The predicted octanol–water partition coefficient (Wildman–Crippen LogP) is 3.11. The number of hydrogen-bond acceptors (Lipinski definition) is 4. The van der Waals surface area contributed by atoms with Gasteiger partial charge in [0, 0.05) is 25.4 Å². The first-order chi connectivity index (χ1) is 11.1. The van der Waals surface area contributed by atoms with Crippen LogP contribution in [0.4, 0.5) is 4.39 Å². The molecule has 1 heterocycles. The van der Waals surface area contributed by atoms with Crippen molar-refractivity contribution < 1.29 is 13.6 Å². The summed E-state index contributed by atoms with van der Waals surface area (Å²) < 4.78 is 19.2. The van der Waals surface area contributed by atoms with Crippen LogP contribution >= 0.6 is 24.8 Å². The highest BCUT2D eigenvalue weighted by molar-refractivity contribution is 5.85. The van der Waals surface area contributed by atoms with E-state index in [2.05, 4.69) is 10.3 Å². The molecule has 1 atom stereocenters. The first-order valence-corrected chi connectivity index (χ1v) is 7.85. The lowest BCUT2D eigenvalue weighted by molar-refractivity contribution is -0.121. The molecule has 3 N–H and O–H groups in total. The molecule has 1 aliphatic rings. The van der Waals surface area contributed by atoms with E-state index >= 15 is 0 Å². The van der Waals surface area contributed by atoms with E-state index in [0.717, 1.165) is 12.8 Å². The molecule has 0 aliphatic heterocycles. The monoisotopic (exact) mass is 389 g/mol. The summed E-state index contributed by atoms with van der Waals surface area (Å²) in [6.07, 6.45) is 4.45. The number of nitrogens with one attached hydrogen (secondary N) is 1. The van der Waals surface area contributed by atoms with E-state index in [4.69, 9.17) is 10.2 Å². The van der Waals surface area contributed by atoms with Gasteiger partial charge in [-0.3, -0.25) is 4.79 Å². The first kappa shape index (κ1) is 21.4. The van der Waals surface area contributed by atoms with E-state index in [9.17, 15) is 9.18 Å². The number of aromatic nitrogens is 1. The van der Waals surface area contributed by atoms with Crippen molar-refractivity contribution in [2.45, 2.75) is 31.7 Å². The van der Waals surface area contributed by atoms with E-state index < -0.39 is 0 Å². The predicted molar refractivity (Wildman–Crippen MR) is 98.4 cm³/mol. The van der Waals surface area contributed by atoms with Crippen molar-refractivity contribution in [3.8, 4) is 11.3 Å². The Hall–Kier alpha value is -1.63. The van der Waals surface area contributed by atoms with E-state index in [1.54, 1.807) is 18.2 Å². The number of nitrogens with zero attached hydrogens (tertiary/aromatic N) is 1. The maximum atomic E-state index is 13.7. The van der Waals surface area contributed by atoms with E-state index in [0.29, 0.717) is 36.1 Å². The van der Waals surface area contributed by atoms with Gasteiger partial charge in [0.25, 0.3) is 0 Å². The molecule has 1 unspecified atom stereocenters. The Kier molecular flexibility index (Phi) is 8.35. The number of rotatable bonds is 7. The Morgan fingerprint density at radius 2 is 2.08 bits per heavy atom. The Labute approximate surface area is 158 Å². The average molecular weight is 390 g/mol. The van der Waals surface area contributed by atoms with E-state index in [1.807, 2.05) is 0 Å². The molecule has 1 amide bonds. The zero-order chi connectivity index (χ0) is 16.2. The van der Waals surface area contributed by atoms with Gasteiger partial charge in [0.05, 0.1) is 11.8 Å². The summed E-state index contributed by atoms with van der Waals surface area (Å²) in [6.45, 7) is 0.509. The fraction of sp³-hybridized carbons (Fsp3) is 0.412. The minimum Gasteiger partial charge on any atom is -0.441 e. The van der Waals surface area contributed by atoms with Gasteiger partial charge in [0.15, 0.2) is 11.7 Å². The van der Waals surface area contributed by atoms with Crippen LogP contribution in [-0.4, -0.2) is 23.5 Å². The van der Waals surface area contributed by atoms with Crippen molar-refractivity contribution in [2.75, 3.05) is 6.54 Å². The van der Waals surface area contributed by atoms with Crippen LogP contribution in [0, 0.1) is 11.7 Å². The Balaban J connectivity index is 0.00000156. The van der Waals surface area contributed by atoms with Gasteiger partial charge in [0.1, 0.15) is 5.82 Å². The summed E-state index contributed by atoms with van der Waals surface area (Å²) in [5, 5.41) is 2.83. The summed E-state index contributed by atoms with van der Waals surface area (Å²) >= 11 is 0. The molecular weight excluding hydrogens is 368 g/mol. The molecular formula is C17H22Cl2FN3O2. The lowest BCUT2D eigenvalue weighted by Gasteiger charge is -2.10. The highest BCUT2D eigenvalue weighted by Crippen LogP contribution is 2.31. The fourth-order valence-corrected chi connectivity index (χ4v) is 2.44. The molecule has 3 rings (SSSR count). The smallest absolute Gasteiger partial charge is 0.220 e. The first-order valence-electron chi connectivity index (χ1n) is 7.85. The van der Waals surface area contributed by atoms with Gasteiger partial charge in [-0.15, -0.1) is 24.8 Å². The number of hydrogen-bond donors (Lipinski definition) is 2. The molecule has 0 bridgehead atoms. The second-order valence-corrected chi connectivity index (χ2v) is 5.90. The molecule has 1 fully saturated rings. The largest absolute Gasteiger partial charge is 0.441 e. The molecule has 1 aromatic heterocycles. The van der Waals surface area contributed by atoms with Crippen LogP contribution in [0.3, 0.4) is 0 Å². The molecule has 1 aliphatic carbocycles. The standard InChI is InChI=1S/C17H20FN3O2.2ClH/c18-13-4-2-1-3-12(13)15-10-21-17(23-15)8-7-16(22)20-9-14(19)11-5-6-11;;/h1-4,10-11,14H,5-9,19H2,(H,20,22);2*1H. The third-order valence-electron chi connectivity index (χ3n) is 4.02. The number of halogens is 3. The minimum atomic E-state index is -0.359. The van der Waals surface area contributed by atoms with Crippen molar-refractivity contribution in [1.29, 1.82) is 0 Å². The summed E-state index contributed by atoms with van der Waals surface area (Å²) in [5.74, 6) is 0.915. The quantitative estimate of drug-likeness (QED) is 0.761. The number of carbonyl (C=O) groups excluding carboxylic acids is 1. The van der Waals surface area contributed by atoms with Crippen LogP contribution in [0.2, 0.25) is 0 Å².